The number of hydrogen-bond acceptors (Lipinski definition) is 6. The van der Waals surface area contributed by atoms with E-state index >= 15 is 4.39 Å². The van der Waals surface area contributed by atoms with E-state index in [0.29, 0.717) is 44.2 Å². The SMILES string of the molecule is C[C@@H]1CNC[C@H](CCc2c(F)cccc2NC(=O)[C@@H](N(C)C(=O)O)C2(c3ccc(Cl)cc3)CCOCC2)N1S(=O)(=O)c1ccccc1. The van der Waals surface area contributed by atoms with Gasteiger partial charge in [-0.15, -0.1) is 0 Å². The fourth-order valence-electron chi connectivity index (χ4n) is 6.96. The van der Waals surface area contributed by atoms with Gasteiger partial charge < -0.3 is 20.5 Å². The van der Waals surface area contributed by atoms with Gasteiger partial charge in [-0.1, -0.05) is 48.0 Å². The summed E-state index contributed by atoms with van der Waals surface area (Å²) in [7, 11) is -2.48. The minimum atomic E-state index is -3.83. The molecule has 0 aliphatic carbocycles. The second-order valence-corrected chi connectivity index (χ2v) is 14.5. The number of ether oxygens (including phenoxy) is 1. The lowest BCUT2D eigenvalue weighted by Gasteiger charge is -2.45. The van der Waals surface area contributed by atoms with Gasteiger partial charge in [0, 0.05) is 67.1 Å². The third kappa shape index (κ3) is 7.31. The molecule has 2 saturated heterocycles. The van der Waals surface area contributed by atoms with Crippen LogP contribution in [-0.2, 0) is 31.4 Å². The number of anilines is 1. The Morgan fingerprint density at radius 2 is 1.77 bits per heavy atom. The zero-order valence-corrected chi connectivity index (χ0v) is 27.9. The van der Waals surface area contributed by atoms with E-state index in [9.17, 15) is 23.1 Å². The van der Waals surface area contributed by atoms with Crippen molar-refractivity contribution in [3.8, 4) is 0 Å². The molecule has 252 valence electrons. The number of likely N-dealkylation sites (N-methyl/N-ethyl adjacent to an activating group) is 1. The standard InChI is InChI=1S/C34H40ClFN4O6S/c1-23-21-37-22-26(40(23)47(44,45)27-7-4-3-5-8-27)15-16-28-29(36)9-6-10-30(28)38-32(41)31(39(2)33(42)43)34(17-19-46-20-18-34)24-11-13-25(35)14-12-24/h3-14,23,26,31,37H,15-22H2,1-2H3,(H,38,41)(H,42,43)/t23-,26+,31-/m1/s1. The van der Waals surface area contributed by atoms with Gasteiger partial charge in [-0.25, -0.2) is 17.6 Å². The van der Waals surface area contributed by atoms with Gasteiger partial charge in [-0.05, 0) is 74.6 Å². The molecule has 0 bridgehead atoms. The average molecular weight is 687 g/mol. The first-order valence-electron chi connectivity index (χ1n) is 15.6. The van der Waals surface area contributed by atoms with E-state index in [0.717, 1.165) is 10.5 Å². The summed E-state index contributed by atoms with van der Waals surface area (Å²) >= 11 is 6.17. The van der Waals surface area contributed by atoms with E-state index in [2.05, 4.69) is 10.6 Å². The second kappa shape index (κ2) is 14.7. The molecule has 3 aromatic rings. The third-order valence-corrected chi connectivity index (χ3v) is 11.6. The Balaban J connectivity index is 1.44. The van der Waals surface area contributed by atoms with E-state index < -0.39 is 45.3 Å². The van der Waals surface area contributed by atoms with Crippen LogP contribution in [0.15, 0.2) is 77.7 Å². The number of piperazine rings is 1. The van der Waals surface area contributed by atoms with Crippen LogP contribution >= 0.6 is 11.6 Å². The van der Waals surface area contributed by atoms with Crippen LogP contribution in [0.25, 0.3) is 0 Å². The molecule has 3 aromatic carbocycles. The molecule has 5 rings (SSSR count). The summed E-state index contributed by atoms with van der Waals surface area (Å²) in [6.45, 7) is 3.33. The molecule has 47 heavy (non-hydrogen) atoms. The number of carboxylic acid groups (broad SMARTS) is 1. The van der Waals surface area contributed by atoms with Crippen LogP contribution in [0.5, 0.6) is 0 Å². The van der Waals surface area contributed by atoms with Crippen molar-refractivity contribution in [1.29, 1.82) is 0 Å². The molecule has 2 aliphatic heterocycles. The summed E-state index contributed by atoms with van der Waals surface area (Å²) in [4.78, 5) is 27.8. The van der Waals surface area contributed by atoms with Crippen molar-refractivity contribution < 1.29 is 32.2 Å². The van der Waals surface area contributed by atoms with Crippen LogP contribution in [0.4, 0.5) is 14.9 Å². The number of sulfonamides is 1. The molecule has 13 heteroatoms. The minimum absolute atomic E-state index is 0.123. The predicted molar refractivity (Wildman–Crippen MR) is 178 cm³/mol. The van der Waals surface area contributed by atoms with Crippen molar-refractivity contribution in [3.63, 3.8) is 0 Å². The lowest BCUT2D eigenvalue weighted by Crippen LogP contribution is -2.59. The Labute approximate surface area is 279 Å². The lowest BCUT2D eigenvalue weighted by molar-refractivity contribution is -0.124. The van der Waals surface area contributed by atoms with E-state index in [4.69, 9.17) is 16.3 Å². The zero-order chi connectivity index (χ0) is 33.8. The predicted octanol–water partition coefficient (Wildman–Crippen LogP) is 5.13. The molecule has 2 aliphatic rings. The number of carbonyl (C=O) groups is 2. The Hall–Kier alpha value is -3.55. The maximum Gasteiger partial charge on any atom is 0.407 e. The van der Waals surface area contributed by atoms with Gasteiger partial charge in [-0.3, -0.25) is 9.69 Å². The van der Waals surface area contributed by atoms with E-state index in [1.807, 2.05) is 6.92 Å². The van der Waals surface area contributed by atoms with Crippen LogP contribution in [-0.4, -0.2) is 86.2 Å². The first-order valence-corrected chi connectivity index (χ1v) is 17.4. The fraction of sp³-hybridized carbons (Fsp3) is 0.412. The minimum Gasteiger partial charge on any atom is -0.465 e. The average Bonchev–Trinajstić information content (AvgIpc) is 3.05. The van der Waals surface area contributed by atoms with Crippen molar-refractivity contribution in [3.05, 3.63) is 94.8 Å². The molecule has 10 nitrogen and oxygen atoms in total. The topological polar surface area (TPSA) is 128 Å². The zero-order valence-electron chi connectivity index (χ0n) is 26.4. The summed E-state index contributed by atoms with van der Waals surface area (Å²) in [5.41, 5.74) is 0.215. The number of amides is 2. The molecule has 0 saturated carbocycles. The highest BCUT2D eigenvalue weighted by Crippen LogP contribution is 2.41. The Kier molecular flexibility index (Phi) is 10.9. The molecule has 3 atom stereocenters. The maximum absolute atomic E-state index is 15.5. The number of hydrogen-bond donors (Lipinski definition) is 3. The van der Waals surface area contributed by atoms with Gasteiger partial charge in [-0.2, -0.15) is 4.31 Å². The number of nitrogens with zero attached hydrogens (tertiary/aromatic N) is 2. The summed E-state index contributed by atoms with van der Waals surface area (Å²) in [6.07, 6.45) is -0.143. The fourth-order valence-corrected chi connectivity index (χ4v) is 8.95. The highest BCUT2D eigenvalue weighted by Gasteiger charge is 2.49. The molecule has 0 radical (unpaired) electrons. The Morgan fingerprint density at radius 1 is 1.09 bits per heavy atom. The summed E-state index contributed by atoms with van der Waals surface area (Å²) < 4.78 is 50.1. The van der Waals surface area contributed by atoms with E-state index in [1.54, 1.807) is 60.7 Å². The van der Waals surface area contributed by atoms with Crippen LogP contribution in [0, 0.1) is 5.82 Å². The van der Waals surface area contributed by atoms with Crippen molar-refractivity contribution in [2.75, 3.05) is 38.7 Å². The van der Waals surface area contributed by atoms with Crippen molar-refractivity contribution in [2.45, 2.75) is 61.0 Å². The molecular weight excluding hydrogens is 647 g/mol. The number of carbonyl (C=O) groups excluding carboxylic acids is 1. The van der Waals surface area contributed by atoms with Gasteiger partial charge in [0.1, 0.15) is 11.9 Å². The number of benzene rings is 3. The Bertz CT molecular complexity index is 1670. The number of nitrogens with one attached hydrogen (secondary N) is 2. The van der Waals surface area contributed by atoms with Gasteiger partial charge in [0.05, 0.1) is 4.90 Å². The molecule has 0 aromatic heterocycles. The largest absolute Gasteiger partial charge is 0.465 e. The van der Waals surface area contributed by atoms with Gasteiger partial charge in [0.25, 0.3) is 0 Å². The van der Waals surface area contributed by atoms with Gasteiger partial charge in [0.15, 0.2) is 0 Å². The van der Waals surface area contributed by atoms with Crippen LogP contribution < -0.4 is 10.6 Å². The second-order valence-electron chi connectivity index (χ2n) is 12.2. The molecule has 2 heterocycles. The Morgan fingerprint density at radius 3 is 2.43 bits per heavy atom. The monoisotopic (exact) mass is 686 g/mol. The summed E-state index contributed by atoms with van der Waals surface area (Å²) in [6, 6.07) is 17.6. The van der Waals surface area contributed by atoms with Gasteiger partial charge in [0.2, 0.25) is 15.9 Å². The molecule has 0 unspecified atom stereocenters. The summed E-state index contributed by atoms with van der Waals surface area (Å²) in [5, 5.41) is 16.7. The van der Waals surface area contributed by atoms with E-state index in [-0.39, 0.29) is 35.0 Å². The van der Waals surface area contributed by atoms with E-state index in [1.165, 1.54) is 23.5 Å². The molecular formula is C34H40ClFN4O6S. The van der Waals surface area contributed by atoms with Crippen molar-refractivity contribution in [2.24, 2.45) is 0 Å². The first kappa shape index (κ1) is 34.8. The quantitative estimate of drug-likeness (QED) is 0.270. The van der Waals surface area contributed by atoms with Crippen molar-refractivity contribution in [1.82, 2.24) is 14.5 Å². The first-order chi connectivity index (χ1) is 22.5. The molecule has 3 N–H and O–H groups in total. The third-order valence-electron chi connectivity index (χ3n) is 9.30. The lowest BCUT2D eigenvalue weighted by atomic mass is 9.68. The highest BCUT2D eigenvalue weighted by atomic mass is 35.5. The normalized spacial score (nSPS) is 20.7. The summed E-state index contributed by atoms with van der Waals surface area (Å²) in [5.74, 6) is -1.17. The molecule has 2 amide bonds. The smallest absolute Gasteiger partial charge is 0.407 e. The molecule has 2 fully saturated rings. The maximum atomic E-state index is 15.5. The number of halogens is 2. The van der Waals surface area contributed by atoms with Gasteiger partial charge >= 0.3 is 6.09 Å². The van der Waals surface area contributed by atoms with Crippen molar-refractivity contribution >= 4 is 39.3 Å². The molecule has 0 spiro atoms. The number of rotatable bonds is 10. The van der Waals surface area contributed by atoms with Crippen LogP contribution in [0.1, 0.15) is 37.3 Å². The van der Waals surface area contributed by atoms with Crippen LogP contribution in [0.2, 0.25) is 5.02 Å². The van der Waals surface area contributed by atoms with Crippen LogP contribution in [0.3, 0.4) is 0 Å². The highest BCUT2D eigenvalue weighted by molar-refractivity contribution is 7.89.